The Hall–Kier alpha value is -2.54. The molecule has 1 N–H and O–H groups in total. The molecule has 0 saturated carbocycles. The Balaban J connectivity index is 1.64. The van der Waals surface area contributed by atoms with Gasteiger partial charge in [0.05, 0.1) is 31.1 Å². The number of aromatic nitrogens is 2. The van der Waals surface area contributed by atoms with Crippen LogP contribution >= 0.6 is 0 Å². The van der Waals surface area contributed by atoms with E-state index in [1.165, 1.54) is 16.8 Å². The Morgan fingerprint density at radius 3 is 1.92 bits per heavy atom. The van der Waals surface area contributed by atoms with E-state index in [4.69, 9.17) is 9.16 Å². The summed E-state index contributed by atoms with van der Waals surface area (Å²) in [4.78, 5) is 9.38. The molecule has 1 fully saturated rings. The summed E-state index contributed by atoms with van der Waals surface area (Å²) in [7, 11) is -2.62. The summed E-state index contributed by atoms with van der Waals surface area (Å²) in [5.41, 5.74) is 0. The van der Waals surface area contributed by atoms with Crippen molar-refractivity contribution in [3.05, 3.63) is 78.9 Å². The van der Waals surface area contributed by atoms with E-state index >= 15 is 0 Å². The maximum Gasteiger partial charge on any atom is 0.261 e. The fourth-order valence-electron chi connectivity index (χ4n) is 6.15. The van der Waals surface area contributed by atoms with Gasteiger partial charge in [0, 0.05) is 6.04 Å². The van der Waals surface area contributed by atoms with Crippen LogP contribution in [0, 0.1) is 11.8 Å². The molecule has 2 heterocycles. The second-order valence-corrected chi connectivity index (χ2v) is 17.0. The van der Waals surface area contributed by atoms with Crippen molar-refractivity contribution in [1.82, 2.24) is 15.3 Å². The van der Waals surface area contributed by atoms with Crippen LogP contribution in [0.15, 0.2) is 73.1 Å². The molecule has 210 valence electrons. The van der Waals surface area contributed by atoms with Crippen molar-refractivity contribution in [2.24, 2.45) is 11.8 Å². The lowest BCUT2D eigenvalue weighted by Gasteiger charge is -2.45. The molecule has 2 aromatic carbocycles. The first-order valence-corrected chi connectivity index (χ1v) is 16.5. The average Bonchev–Trinajstić information content (AvgIpc) is 2.90. The lowest BCUT2D eigenvalue weighted by molar-refractivity contribution is 0.136. The number of nitrogens with one attached hydrogen (secondary N) is 1. The number of benzene rings is 2. The van der Waals surface area contributed by atoms with E-state index in [2.05, 4.69) is 111 Å². The molecule has 0 bridgehead atoms. The van der Waals surface area contributed by atoms with Crippen molar-refractivity contribution >= 4 is 18.7 Å². The number of nitrogens with zero attached hydrogens (tertiary/aromatic N) is 2. The summed E-state index contributed by atoms with van der Waals surface area (Å²) < 4.78 is 13.1. The lowest BCUT2D eigenvalue weighted by Crippen LogP contribution is -2.67. The van der Waals surface area contributed by atoms with Gasteiger partial charge in [-0.05, 0) is 60.4 Å². The molecule has 0 amide bonds. The number of ether oxygens (including phenoxy) is 1. The first kappa shape index (κ1) is 29.4. The quantitative estimate of drug-likeness (QED) is 0.303. The van der Waals surface area contributed by atoms with Crippen LogP contribution in [0.5, 0.6) is 5.75 Å². The molecule has 0 spiro atoms. The second-order valence-electron chi connectivity index (χ2n) is 12.7. The third-order valence-electron chi connectivity index (χ3n) is 7.81. The zero-order valence-electron chi connectivity index (χ0n) is 24.9. The SMILES string of the molecule is CC(C)CC1CCC(c2ncc(OC(C)C)cn2)NC1CO[Si](c1ccccc1)(c1ccccc1)C(C)(C)C. The van der Waals surface area contributed by atoms with Crippen LogP contribution in [0.1, 0.15) is 79.6 Å². The van der Waals surface area contributed by atoms with Gasteiger partial charge in [0.15, 0.2) is 5.75 Å². The summed E-state index contributed by atoms with van der Waals surface area (Å²) in [6.07, 6.45) is 7.05. The molecule has 1 aliphatic heterocycles. The van der Waals surface area contributed by atoms with Crippen molar-refractivity contribution in [2.45, 2.75) is 91.0 Å². The molecule has 4 rings (SSSR count). The molecule has 1 aliphatic rings. The van der Waals surface area contributed by atoms with Gasteiger partial charge in [-0.3, -0.25) is 0 Å². The number of hydrogen-bond acceptors (Lipinski definition) is 5. The second kappa shape index (κ2) is 12.8. The summed E-state index contributed by atoms with van der Waals surface area (Å²) in [5, 5.41) is 6.53. The van der Waals surface area contributed by atoms with Crippen molar-refractivity contribution in [2.75, 3.05) is 6.61 Å². The predicted octanol–water partition coefficient (Wildman–Crippen LogP) is 6.30. The molecular weight excluding hydrogens is 498 g/mol. The Bertz CT molecular complexity index is 1110. The fraction of sp³-hybridized carbons (Fsp3) is 0.515. The van der Waals surface area contributed by atoms with E-state index in [0.29, 0.717) is 24.2 Å². The highest BCUT2D eigenvalue weighted by atomic mass is 28.4. The maximum atomic E-state index is 7.38. The van der Waals surface area contributed by atoms with Gasteiger partial charge in [0.1, 0.15) is 5.82 Å². The molecule has 5 nitrogen and oxygen atoms in total. The summed E-state index contributed by atoms with van der Waals surface area (Å²) in [5.74, 6) is 2.73. The van der Waals surface area contributed by atoms with Gasteiger partial charge in [-0.25, -0.2) is 9.97 Å². The number of piperidine rings is 1. The van der Waals surface area contributed by atoms with Gasteiger partial charge in [0.2, 0.25) is 0 Å². The molecule has 0 aliphatic carbocycles. The van der Waals surface area contributed by atoms with Crippen LogP contribution in [-0.2, 0) is 4.43 Å². The van der Waals surface area contributed by atoms with Gasteiger partial charge in [-0.2, -0.15) is 0 Å². The highest BCUT2D eigenvalue weighted by Crippen LogP contribution is 2.38. The van der Waals surface area contributed by atoms with Crippen molar-refractivity contribution < 1.29 is 9.16 Å². The fourth-order valence-corrected chi connectivity index (χ4v) is 10.7. The number of rotatable bonds is 10. The maximum absolute atomic E-state index is 7.38. The molecule has 0 radical (unpaired) electrons. The van der Waals surface area contributed by atoms with Gasteiger partial charge in [0.25, 0.3) is 8.32 Å². The van der Waals surface area contributed by atoms with Crippen molar-refractivity contribution in [1.29, 1.82) is 0 Å². The average molecular weight is 546 g/mol. The molecule has 1 aromatic heterocycles. The van der Waals surface area contributed by atoms with E-state index in [9.17, 15) is 0 Å². The Kier molecular flexibility index (Phi) is 9.63. The predicted molar refractivity (Wildman–Crippen MR) is 163 cm³/mol. The van der Waals surface area contributed by atoms with Crippen molar-refractivity contribution in [3.8, 4) is 5.75 Å². The van der Waals surface area contributed by atoms with Crippen LogP contribution in [-0.4, -0.2) is 37.0 Å². The van der Waals surface area contributed by atoms with E-state index in [1.54, 1.807) is 12.4 Å². The van der Waals surface area contributed by atoms with E-state index in [0.717, 1.165) is 18.7 Å². The molecule has 39 heavy (non-hydrogen) atoms. The van der Waals surface area contributed by atoms with Crippen LogP contribution in [0.2, 0.25) is 5.04 Å². The summed E-state index contributed by atoms with van der Waals surface area (Å²) in [6, 6.07) is 22.2. The zero-order chi connectivity index (χ0) is 28.0. The standard InChI is InChI=1S/C33H47N3O2Si/c1-24(2)20-26-18-19-30(32-34-21-27(22-35-32)38-25(3)4)36-31(26)23-37-39(33(5,6)7,28-14-10-8-11-15-28)29-16-12-9-13-17-29/h8-17,21-22,24-26,30-31,36H,18-20,23H2,1-7H3. The highest BCUT2D eigenvalue weighted by molar-refractivity contribution is 6.99. The largest absolute Gasteiger partial charge is 0.488 e. The molecule has 3 atom stereocenters. The van der Waals surface area contributed by atoms with Crippen LogP contribution in [0.4, 0.5) is 0 Å². The van der Waals surface area contributed by atoms with E-state index < -0.39 is 8.32 Å². The van der Waals surface area contributed by atoms with Crippen LogP contribution in [0.3, 0.4) is 0 Å². The van der Waals surface area contributed by atoms with Crippen LogP contribution in [0.25, 0.3) is 0 Å². The Morgan fingerprint density at radius 2 is 1.44 bits per heavy atom. The first-order valence-electron chi connectivity index (χ1n) is 14.6. The van der Waals surface area contributed by atoms with E-state index in [-0.39, 0.29) is 23.2 Å². The van der Waals surface area contributed by atoms with Gasteiger partial charge >= 0.3 is 0 Å². The molecular formula is C33H47N3O2Si. The molecule has 6 heteroatoms. The minimum absolute atomic E-state index is 0.0489. The van der Waals surface area contributed by atoms with Gasteiger partial charge in [-0.1, -0.05) is 95.3 Å². The third kappa shape index (κ3) is 6.97. The summed E-state index contributed by atoms with van der Waals surface area (Å²) >= 11 is 0. The van der Waals surface area contributed by atoms with E-state index in [1.807, 2.05) is 13.8 Å². The lowest BCUT2D eigenvalue weighted by atomic mass is 9.82. The number of hydrogen-bond donors (Lipinski definition) is 1. The highest BCUT2D eigenvalue weighted by Gasteiger charge is 2.50. The molecule has 1 saturated heterocycles. The normalized spacial score (nSPS) is 20.4. The summed E-state index contributed by atoms with van der Waals surface area (Å²) in [6.45, 7) is 16.4. The molecule has 3 aromatic rings. The monoisotopic (exact) mass is 545 g/mol. The smallest absolute Gasteiger partial charge is 0.261 e. The zero-order valence-corrected chi connectivity index (χ0v) is 25.9. The first-order chi connectivity index (χ1) is 18.6. The Morgan fingerprint density at radius 1 is 0.872 bits per heavy atom. The minimum atomic E-state index is -2.62. The molecule has 3 unspecified atom stereocenters. The van der Waals surface area contributed by atoms with Gasteiger partial charge < -0.3 is 14.5 Å². The van der Waals surface area contributed by atoms with Gasteiger partial charge in [-0.15, -0.1) is 0 Å². The van der Waals surface area contributed by atoms with Crippen molar-refractivity contribution in [3.63, 3.8) is 0 Å². The third-order valence-corrected chi connectivity index (χ3v) is 12.8. The Labute approximate surface area is 236 Å². The topological polar surface area (TPSA) is 56.3 Å². The van der Waals surface area contributed by atoms with Crippen LogP contribution < -0.4 is 20.4 Å². The minimum Gasteiger partial charge on any atom is -0.488 e.